The first-order valence-corrected chi connectivity index (χ1v) is 6.95. The molecule has 0 aliphatic heterocycles. The molecule has 1 atom stereocenters. The quantitative estimate of drug-likeness (QED) is 0.856. The van der Waals surface area contributed by atoms with Crippen molar-refractivity contribution < 1.29 is 24.2 Å². The average Bonchev–Trinajstić information content (AvgIpc) is 2.55. The van der Waals surface area contributed by atoms with Crippen LogP contribution in [-0.2, 0) is 4.79 Å². The molecule has 0 aliphatic rings. The molecule has 0 aliphatic carbocycles. The average molecular weight is 315 g/mol. The Morgan fingerprint density at radius 1 is 1.09 bits per heavy atom. The second-order valence-corrected chi connectivity index (χ2v) is 4.79. The number of methoxy groups -OCH3 is 1. The number of ether oxygens (including phenoxy) is 2. The molecule has 2 rings (SSSR count). The summed E-state index contributed by atoms with van der Waals surface area (Å²) in [5, 5.41) is 11.6. The van der Waals surface area contributed by atoms with Crippen molar-refractivity contribution in [3.63, 3.8) is 0 Å². The normalized spacial score (nSPS) is 11.4. The zero-order chi connectivity index (χ0) is 16.8. The van der Waals surface area contributed by atoms with Crippen LogP contribution in [0, 0.1) is 0 Å². The number of rotatable bonds is 6. The standard InChI is InChI=1S/C17H17NO5/c1-11(23-15-9-4-3-8-14(15)22-2)16(19)18-13-7-5-6-12(10-13)17(20)21/h3-11H,1-2H3,(H,18,19)(H,20,21). The maximum absolute atomic E-state index is 12.2. The predicted molar refractivity (Wildman–Crippen MR) is 85.1 cm³/mol. The number of aromatic carboxylic acids is 1. The van der Waals surface area contributed by atoms with Crippen LogP contribution < -0.4 is 14.8 Å². The highest BCUT2D eigenvalue weighted by Gasteiger charge is 2.17. The molecule has 0 spiro atoms. The van der Waals surface area contributed by atoms with Crippen molar-refractivity contribution in [2.75, 3.05) is 12.4 Å². The highest BCUT2D eigenvalue weighted by Crippen LogP contribution is 2.27. The van der Waals surface area contributed by atoms with Crippen molar-refractivity contribution >= 4 is 17.6 Å². The molecule has 0 heterocycles. The summed E-state index contributed by atoms with van der Waals surface area (Å²) in [5.41, 5.74) is 0.492. The highest BCUT2D eigenvalue weighted by molar-refractivity contribution is 5.96. The van der Waals surface area contributed by atoms with Gasteiger partial charge in [0.15, 0.2) is 17.6 Å². The Kier molecular flexibility index (Phi) is 5.19. The van der Waals surface area contributed by atoms with Gasteiger partial charge in [0.25, 0.3) is 5.91 Å². The molecule has 2 N–H and O–H groups in total. The second kappa shape index (κ2) is 7.31. The minimum atomic E-state index is -1.06. The molecule has 6 nitrogen and oxygen atoms in total. The van der Waals surface area contributed by atoms with E-state index in [2.05, 4.69) is 5.32 Å². The minimum absolute atomic E-state index is 0.0982. The van der Waals surface area contributed by atoms with E-state index >= 15 is 0 Å². The Hall–Kier alpha value is -3.02. The maximum atomic E-state index is 12.2. The topological polar surface area (TPSA) is 84.9 Å². The predicted octanol–water partition coefficient (Wildman–Crippen LogP) is 2.80. The molecule has 2 aromatic carbocycles. The summed E-state index contributed by atoms with van der Waals surface area (Å²) in [7, 11) is 1.52. The number of carboxylic acids is 1. The van der Waals surface area contributed by atoms with Crippen molar-refractivity contribution in [3.05, 3.63) is 54.1 Å². The van der Waals surface area contributed by atoms with Gasteiger partial charge in [-0.2, -0.15) is 0 Å². The summed E-state index contributed by atoms with van der Waals surface area (Å²) in [4.78, 5) is 23.1. The zero-order valence-electron chi connectivity index (χ0n) is 12.8. The van der Waals surface area contributed by atoms with Gasteiger partial charge in [-0.3, -0.25) is 4.79 Å². The van der Waals surface area contributed by atoms with Crippen molar-refractivity contribution in [1.82, 2.24) is 0 Å². The van der Waals surface area contributed by atoms with Crippen LogP contribution in [0.3, 0.4) is 0 Å². The molecule has 0 radical (unpaired) electrons. The molecule has 1 amide bonds. The Morgan fingerprint density at radius 2 is 1.78 bits per heavy atom. The summed E-state index contributed by atoms with van der Waals surface area (Å²) in [6, 6.07) is 13.0. The number of nitrogens with one attached hydrogen (secondary N) is 1. The minimum Gasteiger partial charge on any atom is -0.493 e. The van der Waals surface area contributed by atoms with Crippen LogP contribution in [-0.4, -0.2) is 30.2 Å². The van der Waals surface area contributed by atoms with Crippen molar-refractivity contribution in [1.29, 1.82) is 0 Å². The van der Waals surface area contributed by atoms with Gasteiger partial charge in [0.05, 0.1) is 12.7 Å². The van der Waals surface area contributed by atoms with E-state index < -0.39 is 18.0 Å². The molecule has 23 heavy (non-hydrogen) atoms. The summed E-state index contributed by atoms with van der Waals surface area (Å²) in [6.45, 7) is 1.60. The van der Waals surface area contributed by atoms with Gasteiger partial charge in [-0.15, -0.1) is 0 Å². The maximum Gasteiger partial charge on any atom is 0.335 e. The number of carboxylic acid groups (broad SMARTS) is 1. The number of amides is 1. The van der Waals surface area contributed by atoms with Gasteiger partial charge in [0.1, 0.15) is 0 Å². The van der Waals surface area contributed by atoms with E-state index in [9.17, 15) is 9.59 Å². The zero-order valence-corrected chi connectivity index (χ0v) is 12.8. The summed E-state index contributed by atoms with van der Waals surface area (Å²) < 4.78 is 10.8. The first-order valence-electron chi connectivity index (χ1n) is 6.95. The number of para-hydroxylation sites is 2. The van der Waals surface area contributed by atoms with E-state index in [4.69, 9.17) is 14.6 Å². The molecule has 0 saturated heterocycles. The van der Waals surface area contributed by atoms with Crippen molar-refractivity contribution in [2.24, 2.45) is 0 Å². The molecule has 0 saturated carbocycles. The first-order chi connectivity index (χ1) is 11.0. The van der Waals surface area contributed by atoms with Gasteiger partial charge in [0, 0.05) is 5.69 Å². The lowest BCUT2D eigenvalue weighted by atomic mass is 10.2. The summed E-state index contributed by atoms with van der Waals surface area (Å²) in [6.07, 6.45) is -0.778. The lowest BCUT2D eigenvalue weighted by molar-refractivity contribution is -0.122. The van der Waals surface area contributed by atoms with Gasteiger partial charge >= 0.3 is 5.97 Å². The van der Waals surface area contributed by atoms with Crippen LogP contribution in [0.25, 0.3) is 0 Å². The van der Waals surface area contributed by atoms with Gasteiger partial charge in [-0.1, -0.05) is 18.2 Å². The fourth-order valence-electron chi connectivity index (χ4n) is 1.93. The third kappa shape index (κ3) is 4.23. The number of hydrogen-bond donors (Lipinski definition) is 2. The first kappa shape index (κ1) is 16.4. The van der Waals surface area contributed by atoms with Gasteiger partial charge in [0.2, 0.25) is 0 Å². The molecule has 0 bridgehead atoms. The van der Waals surface area contributed by atoms with Crippen LogP contribution in [0.1, 0.15) is 17.3 Å². The largest absolute Gasteiger partial charge is 0.493 e. The monoisotopic (exact) mass is 315 g/mol. The van der Waals surface area contributed by atoms with Crippen molar-refractivity contribution in [3.8, 4) is 11.5 Å². The lowest BCUT2D eigenvalue weighted by Crippen LogP contribution is -2.30. The summed E-state index contributed by atoms with van der Waals surface area (Å²) in [5.74, 6) is -0.463. The molecule has 0 fully saturated rings. The Bertz CT molecular complexity index is 714. The SMILES string of the molecule is COc1ccccc1OC(C)C(=O)Nc1cccc(C(=O)O)c1. The number of carbonyl (C=O) groups excluding carboxylic acids is 1. The van der Waals surface area contributed by atoms with Crippen LogP contribution in [0.4, 0.5) is 5.69 Å². The molecule has 6 heteroatoms. The Balaban J connectivity index is 2.05. The fourth-order valence-corrected chi connectivity index (χ4v) is 1.93. The van der Waals surface area contributed by atoms with E-state index in [1.165, 1.54) is 19.2 Å². The summed E-state index contributed by atoms with van der Waals surface area (Å²) >= 11 is 0. The van der Waals surface area contributed by atoms with Crippen LogP contribution in [0.5, 0.6) is 11.5 Å². The second-order valence-electron chi connectivity index (χ2n) is 4.79. The number of anilines is 1. The number of carbonyl (C=O) groups is 2. The molecule has 2 aromatic rings. The van der Waals surface area contributed by atoms with Crippen LogP contribution in [0.2, 0.25) is 0 Å². The van der Waals surface area contributed by atoms with E-state index in [1.54, 1.807) is 43.3 Å². The number of benzene rings is 2. The Morgan fingerprint density at radius 3 is 2.43 bits per heavy atom. The van der Waals surface area contributed by atoms with E-state index in [0.717, 1.165) is 0 Å². The molecule has 0 aromatic heterocycles. The molecule has 1 unspecified atom stereocenters. The molecule has 120 valence electrons. The van der Waals surface area contributed by atoms with Gasteiger partial charge < -0.3 is 19.9 Å². The molecular formula is C17H17NO5. The van der Waals surface area contributed by atoms with Crippen molar-refractivity contribution in [2.45, 2.75) is 13.0 Å². The smallest absolute Gasteiger partial charge is 0.335 e. The highest BCUT2D eigenvalue weighted by atomic mass is 16.5. The van der Waals surface area contributed by atoms with Gasteiger partial charge in [-0.05, 0) is 37.3 Å². The molecular weight excluding hydrogens is 298 g/mol. The van der Waals surface area contributed by atoms with Crippen LogP contribution in [0.15, 0.2) is 48.5 Å². The third-order valence-corrected chi connectivity index (χ3v) is 3.12. The van der Waals surface area contributed by atoms with E-state index in [-0.39, 0.29) is 5.56 Å². The van der Waals surface area contributed by atoms with E-state index in [0.29, 0.717) is 17.2 Å². The van der Waals surface area contributed by atoms with Gasteiger partial charge in [-0.25, -0.2) is 4.79 Å². The lowest BCUT2D eigenvalue weighted by Gasteiger charge is -2.16. The van der Waals surface area contributed by atoms with Crippen LogP contribution >= 0.6 is 0 Å². The number of hydrogen-bond acceptors (Lipinski definition) is 4. The van der Waals surface area contributed by atoms with E-state index in [1.807, 2.05) is 0 Å². The fraction of sp³-hybridized carbons (Fsp3) is 0.176. The Labute approximate surface area is 133 Å². The third-order valence-electron chi connectivity index (χ3n) is 3.12.